The highest BCUT2D eigenvalue weighted by Crippen LogP contribution is 2.32. The Morgan fingerprint density at radius 1 is 1.17 bits per heavy atom. The minimum Gasteiger partial charge on any atom is -0.472 e. The second-order valence-corrected chi connectivity index (χ2v) is 5.44. The molecule has 23 heavy (non-hydrogen) atoms. The Kier molecular flexibility index (Phi) is 2.94. The molecular weight excluding hydrogens is 295 g/mol. The van der Waals surface area contributed by atoms with Crippen molar-refractivity contribution in [2.24, 2.45) is 5.73 Å². The zero-order valence-corrected chi connectivity index (χ0v) is 12.1. The number of carbonyl (C=O) groups excluding carboxylic acids is 1. The van der Waals surface area contributed by atoms with Crippen molar-refractivity contribution in [2.75, 3.05) is 0 Å². The third kappa shape index (κ3) is 2.09. The summed E-state index contributed by atoms with van der Waals surface area (Å²) in [7, 11) is 0. The number of aromatic nitrogens is 1. The summed E-state index contributed by atoms with van der Waals surface area (Å²) in [6, 6.07) is 11.8. The Morgan fingerprint density at radius 3 is 2.78 bits per heavy atom. The van der Waals surface area contributed by atoms with Gasteiger partial charge in [0.05, 0.1) is 24.6 Å². The van der Waals surface area contributed by atoms with Gasteiger partial charge in [-0.1, -0.05) is 6.07 Å². The summed E-state index contributed by atoms with van der Waals surface area (Å²) >= 11 is 0. The average molecular weight is 308 g/mol. The molecule has 2 N–H and O–H groups in total. The molecule has 4 nitrogen and oxygen atoms in total. The van der Waals surface area contributed by atoms with Crippen molar-refractivity contribution in [3.63, 3.8) is 0 Å². The average Bonchev–Trinajstić information content (AvgIpc) is 3.14. The van der Waals surface area contributed by atoms with Crippen LogP contribution in [0.3, 0.4) is 0 Å². The molecule has 4 aromatic rings. The van der Waals surface area contributed by atoms with Gasteiger partial charge in [0.1, 0.15) is 5.82 Å². The van der Waals surface area contributed by atoms with Crippen LogP contribution in [0.2, 0.25) is 0 Å². The summed E-state index contributed by atoms with van der Waals surface area (Å²) in [4.78, 5) is 11.8. The molecule has 0 radical (unpaired) electrons. The maximum absolute atomic E-state index is 13.7. The largest absolute Gasteiger partial charge is 0.472 e. The van der Waals surface area contributed by atoms with Crippen molar-refractivity contribution < 1.29 is 13.6 Å². The molecular formula is C18H13FN2O2. The zero-order valence-electron chi connectivity index (χ0n) is 12.1. The first-order chi connectivity index (χ1) is 11.1. The van der Waals surface area contributed by atoms with Crippen LogP contribution in [-0.2, 0) is 6.54 Å². The summed E-state index contributed by atoms with van der Waals surface area (Å²) in [5.41, 5.74) is 8.55. The number of hydrogen-bond acceptors (Lipinski definition) is 2. The molecule has 0 aliphatic heterocycles. The van der Waals surface area contributed by atoms with Gasteiger partial charge < -0.3 is 14.7 Å². The molecule has 1 amide bonds. The Bertz CT molecular complexity index is 1030. The third-order valence-corrected chi connectivity index (χ3v) is 4.04. The van der Waals surface area contributed by atoms with Crippen LogP contribution >= 0.6 is 0 Å². The molecule has 0 saturated carbocycles. The maximum atomic E-state index is 13.7. The number of hydrogen-bond donors (Lipinski definition) is 1. The Balaban J connectivity index is 2.11. The van der Waals surface area contributed by atoms with Crippen LogP contribution < -0.4 is 5.73 Å². The van der Waals surface area contributed by atoms with Crippen molar-refractivity contribution >= 4 is 27.7 Å². The van der Waals surface area contributed by atoms with Crippen LogP contribution in [0.1, 0.15) is 15.9 Å². The van der Waals surface area contributed by atoms with E-state index in [0.717, 1.165) is 16.6 Å². The van der Waals surface area contributed by atoms with Gasteiger partial charge in [-0.3, -0.25) is 4.79 Å². The molecule has 114 valence electrons. The Hall–Kier alpha value is -3.08. The molecule has 0 aliphatic carbocycles. The van der Waals surface area contributed by atoms with E-state index in [0.29, 0.717) is 22.9 Å². The van der Waals surface area contributed by atoms with E-state index in [9.17, 15) is 9.18 Å². The molecule has 4 rings (SSSR count). The molecule has 2 aromatic carbocycles. The van der Waals surface area contributed by atoms with Crippen molar-refractivity contribution in [3.05, 3.63) is 71.9 Å². The zero-order chi connectivity index (χ0) is 16.0. The lowest BCUT2D eigenvalue weighted by atomic mass is 10.1. The monoisotopic (exact) mass is 308 g/mol. The first-order valence-corrected chi connectivity index (χ1v) is 7.16. The molecule has 0 bridgehead atoms. The van der Waals surface area contributed by atoms with Crippen LogP contribution in [0.4, 0.5) is 4.39 Å². The van der Waals surface area contributed by atoms with Gasteiger partial charge in [0.15, 0.2) is 0 Å². The van der Waals surface area contributed by atoms with E-state index in [-0.39, 0.29) is 5.82 Å². The standard InChI is InChI=1S/C18H13FN2O2/c19-12-4-5-15-14(8-12)17-13(18(20)22)2-1-3-16(17)21(15)9-11-6-7-23-10-11/h1-8,10H,9H2,(H2,20,22). The SMILES string of the molecule is NC(=O)c1cccc2c1c1cc(F)ccc1n2Cc1ccoc1. The second kappa shape index (κ2) is 4.98. The predicted octanol–water partition coefficient (Wildman–Crippen LogP) is 3.67. The van der Waals surface area contributed by atoms with Crippen LogP contribution in [0.5, 0.6) is 0 Å². The van der Waals surface area contributed by atoms with Gasteiger partial charge in [0.2, 0.25) is 5.91 Å². The minimum atomic E-state index is -0.526. The van der Waals surface area contributed by atoms with E-state index in [1.807, 2.05) is 16.7 Å². The highest BCUT2D eigenvalue weighted by Gasteiger charge is 2.17. The van der Waals surface area contributed by atoms with Gasteiger partial charge in [-0.15, -0.1) is 0 Å². The first kappa shape index (κ1) is 13.6. The lowest BCUT2D eigenvalue weighted by molar-refractivity contribution is 0.100. The summed E-state index contributed by atoms with van der Waals surface area (Å²) < 4.78 is 20.9. The first-order valence-electron chi connectivity index (χ1n) is 7.16. The molecule has 0 atom stereocenters. The fraction of sp³-hybridized carbons (Fsp3) is 0.0556. The number of fused-ring (bicyclic) bond motifs is 3. The molecule has 0 spiro atoms. The Labute approximate surface area is 130 Å². The second-order valence-electron chi connectivity index (χ2n) is 5.44. The van der Waals surface area contributed by atoms with E-state index in [4.69, 9.17) is 10.2 Å². The number of nitrogens with zero attached hydrogens (tertiary/aromatic N) is 1. The van der Waals surface area contributed by atoms with E-state index >= 15 is 0 Å². The van der Waals surface area contributed by atoms with E-state index in [2.05, 4.69) is 0 Å². The minimum absolute atomic E-state index is 0.348. The lowest BCUT2D eigenvalue weighted by Crippen LogP contribution is -2.11. The van der Waals surface area contributed by atoms with Gasteiger partial charge in [-0.05, 0) is 36.4 Å². The molecule has 0 aliphatic rings. The predicted molar refractivity (Wildman–Crippen MR) is 85.7 cm³/mol. The van der Waals surface area contributed by atoms with Crippen LogP contribution in [0.15, 0.2) is 59.4 Å². The van der Waals surface area contributed by atoms with Crippen LogP contribution in [-0.4, -0.2) is 10.5 Å². The van der Waals surface area contributed by atoms with Crippen LogP contribution in [0.25, 0.3) is 21.8 Å². The number of primary amides is 1. The highest BCUT2D eigenvalue weighted by atomic mass is 19.1. The van der Waals surface area contributed by atoms with E-state index in [1.54, 1.807) is 30.7 Å². The maximum Gasteiger partial charge on any atom is 0.249 e. The fourth-order valence-corrected chi connectivity index (χ4v) is 3.06. The summed E-state index contributed by atoms with van der Waals surface area (Å²) in [5.74, 6) is -0.874. The molecule has 5 heteroatoms. The number of rotatable bonds is 3. The Morgan fingerprint density at radius 2 is 2.04 bits per heavy atom. The molecule has 0 saturated heterocycles. The van der Waals surface area contributed by atoms with E-state index < -0.39 is 5.91 Å². The topological polar surface area (TPSA) is 61.2 Å². The number of halogens is 1. The van der Waals surface area contributed by atoms with Gasteiger partial charge in [0, 0.05) is 27.4 Å². The number of nitrogens with two attached hydrogens (primary N) is 1. The number of furan rings is 1. The molecule has 2 heterocycles. The molecule has 0 fully saturated rings. The number of benzene rings is 2. The quantitative estimate of drug-likeness (QED) is 0.627. The van der Waals surface area contributed by atoms with Crippen molar-refractivity contribution in [1.82, 2.24) is 4.57 Å². The fourth-order valence-electron chi connectivity index (χ4n) is 3.06. The number of carbonyl (C=O) groups is 1. The molecule has 0 unspecified atom stereocenters. The van der Waals surface area contributed by atoms with Gasteiger partial charge in [-0.25, -0.2) is 4.39 Å². The lowest BCUT2D eigenvalue weighted by Gasteiger charge is -2.06. The summed E-state index contributed by atoms with van der Waals surface area (Å²) in [6.07, 6.45) is 3.27. The summed E-state index contributed by atoms with van der Waals surface area (Å²) in [5, 5.41) is 1.36. The normalized spacial score (nSPS) is 11.3. The smallest absolute Gasteiger partial charge is 0.249 e. The van der Waals surface area contributed by atoms with Crippen molar-refractivity contribution in [3.8, 4) is 0 Å². The van der Waals surface area contributed by atoms with Crippen molar-refractivity contribution in [1.29, 1.82) is 0 Å². The van der Waals surface area contributed by atoms with Gasteiger partial charge >= 0.3 is 0 Å². The van der Waals surface area contributed by atoms with Crippen LogP contribution in [0, 0.1) is 5.82 Å². The number of amides is 1. The van der Waals surface area contributed by atoms with E-state index in [1.165, 1.54) is 12.1 Å². The summed E-state index contributed by atoms with van der Waals surface area (Å²) in [6.45, 7) is 0.560. The van der Waals surface area contributed by atoms with Gasteiger partial charge in [0.25, 0.3) is 0 Å². The van der Waals surface area contributed by atoms with Gasteiger partial charge in [-0.2, -0.15) is 0 Å². The van der Waals surface area contributed by atoms with Crippen molar-refractivity contribution in [2.45, 2.75) is 6.54 Å². The molecule has 2 aromatic heterocycles. The third-order valence-electron chi connectivity index (χ3n) is 4.04. The highest BCUT2D eigenvalue weighted by molar-refractivity contribution is 6.17.